The number of imide groups is 1. The van der Waals surface area contributed by atoms with Crippen LogP contribution in [0.1, 0.15) is 10.4 Å². The smallest absolute Gasteiger partial charge is 0.268 e. The molecular weight excluding hydrogens is 539 g/mol. The predicted molar refractivity (Wildman–Crippen MR) is 126 cm³/mol. The standard InChI is InChI=1S/C20H9Cl5FN5O2/c21-12-4-5-15-17(16(12)24)28-29-31(15)18-13(22)7-11(8-14(18)23)30(20(33)27-25)19(32)9-2-1-3-10(26)6-9/h1-8H,(H,27,33). The molecule has 33 heavy (non-hydrogen) atoms. The van der Waals surface area contributed by atoms with Gasteiger partial charge in [0.25, 0.3) is 5.91 Å². The average Bonchev–Trinajstić information content (AvgIpc) is 3.20. The summed E-state index contributed by atoms with van der Waals surface area (Å²) in [4.78, 5) is 27.9. The summed E-state index contributed by atoms with van der Waals surface area (Å²) in [6.45, 7) is 0. The van der Waals surface area contributed by atoms with Gasteiger partial charge >= 0.3 is 6.03 Å². The molecule has 168 valence electrons. The molecule has 13 heteroatoms. The number of carbonyl (C=O) groups excluding carboxylic acids is 2. The number of urea groups is 1. The van der Waals surface area contributed by atoms with Crippen molar-refractivity contribution < 1.29 is 14.0 Å². The molecule has 0 saturated carbocycles. The molecule has 0 bridgehead atoms. The van der Waals surface area contributed by atoms with E-state index >= 15 is 0 Å². The third-order valence-electron chi connectivity index (χ3n) is 4.54. The molecule has 4 rings (SSSR count). The van der Waals surface area contributed by atoms with Crippen molar-refractivity contribution in [3.63, 3.8) is 0 Å². The molecule has 1 aromatic heterocycles. The maximum Gasteiger partial charge on any atom is 0.343 e. The summed E-state index contributed by atoms with van der Waals surface area (Å²) in [5, 5.41) is 8.59. The zero-order chi connectivity index (χ0) is 23.9. The third kappa shape index (κ3) is 4.32. The number of anilines is 1. The molecule has 0 aliphatic heterocycles. The highest BCUT2D eigenvalue weighted by molar-refractivity contribution is 6.45. The highest BCUT2D eigenvalue weighted by Gasteiger charge is 2.27. The van der Waals surface area contributed by atoms with Crippen LogP contribution in [0, 0.1) is 5.82 Å². The Kier molecular flexibility index (Phi) is 6.65. The van der Waals surface area contributed by atoms with Crippen molar-refractivity contribution in [2.24, 2.45) is 0 Å². The van der Waals surface area contributed by atoms with Crippen molar-refractivity contribution in [3.05, 3.63) is 80.0 Å². The molecule has 0 aliphatic rings. The average molecular weight is 548 g/mol. The van der Waals surface area contributed by atoms with Crippen LogP contribution >= 0.6 is 58.2 Å². The van der Waals surface area contributed by atoms with Gasteiger partial charge in [0, 0.05) is 17.3 Å². The van der Waals surface area contributed by atoms with Crippen molar-refractivity contribution >= 4 is 86.8 Å². The molecule has 0 unspecified atom stereocenters. The van der Waals surface area contributed by atoms with E-state index in [9.17, 15) is 14.0 Å². The zero-order valence-electron chi connectivity index (χ0n) is 16.0. The van der Waals surface area contributed by atoms with Crippen molar-refractivity contribution in [2.45, 2.75) is 0 Å². The number of hydrogen-bond acceptors (Lipinski definition) is 4. The van der Waals surface area contributed by atoms with E-state index in [4.69, 9.17) is 58.2 Å². The molecule has 4 aromatic rings. The minimum absolute atomic E-state index is 0.0216. The summed E-state index contributed by atoms with van der Waals surface area (Å²) in [6.07, 6.45) is 0. The molecule has 0 aliphatic carbocycles. The molecule has 3 amide bonds. The van der Waals surface area contributed by atoms with E-state index in [1.165, 1.54) is 28.9 Å². The van der Waals surface area contributed by atoms with Gasteiger partial charge in [-0.3, -0.25) is 4.79 Å². The lowest BCUT2D eigenvalue weighted by Gasteiger charge is -2.21. The number of halogens is 6. The number of nitrogens with one attached hydrogen (secondary N) is 1. The quantitative estimate of drug-likeness (QED) is 0.290. The normalized spacial score (nSPS) is 11.0. The Morgan fingerprint density at radius 1 is 0.970 bits per heavy atom. The van der Waals surface area contributed by atoms with Gasteiger partial charge in [-0.15, -0.1) is 5.10 Å². The van der Waals surface area contributed by atoms with Crippen LogP contribution in [-0.2, 0) is 0 Å². The van der Waals surface area contributed by atoms with E-state index in [1.807, 2.05) is 4.84 Å². The monoisotopic (exact) mass is 545 g/mol. The number of aromatic nitrogens is 3. The number of amides is 3. The number of carbonyl (C=O) groups is 2. The van der Waals surface area contributed by atoms with E-state index in [-0.39, 0.29) is 32.0 Å². The molecular formula is C20H9Cl5FN5O2. The Hall–Kier alpha value is -2.62. The summed E-state index contributed by atoms with van der Waals surface area (Å²) in [6, 6.07) is 9.60. The summed E-state index contributed by atoms with van der Waals surface area (Å²) < 4.78 is 15.0. The molecule has 0 spiro atoms. The lowest BCUT2D eigenvalue weighted by atomic mass is 10.1. The summed E-state index contributed by atoms with van der Waals surface area (Å²) >= 11 is 30.6. The van der Waals surface area contributed by atoms with Crippen molar-refractivity contribution in [1.29, 1.82) is 0 Å². The molecule has 0 atom stereocenters. The Morgan fingerprint density at radius 3 is 2.30 bits per heavy atom. The predicted octanol–water partition coefficient (Wildman–Crippen LogP) is 6.68. The highest BCUT2D eigenvalue weighted by atomic mass is 35.5. The van der Waals surface area contributed by atoms with Crippen LogP contribution in [0.15, 0.2) is 48.5 Å². The fourth-order valence-electron chi connectivity index (χ4n) is 3.10. The SMILES string of the molecule is O=C(NCl)N(C(=O)c1cccc(F)c1)c1cc(Cl)c(-n2nnc3c(Cl)c(Cl)ccc32)c(Cl)c1. The van der Waals surface area contributed by atoms with Crippen LogP contribution in [0.2, 0.25) is 20.1 Å². The first-order chi connectivity index (χ1) is 15.7. The van der Waals surface area contributed by atoms with Gasteiger partial charge in [0.2, 0.25) is 0 Å². The van der Waals surface area contributed by atoms with Gasteiger partial charge in [-0.05, 0) is 42.5 Å². The van der Waals surface area contributed by atoms with Crippen molar-refractivity contribution in [3.8, 4) is 5.69 Å². The van der Waals surface area contributed by atoms with Crippen molar-refractivity contribution in [2.75, 3.05) is 4.90 Å². The molecule has 1 heterocycles. The van der Waals surface area contributed by atoms with Gasteiger partial charge in [0.15, 0.2) is 0 Å². The number of benzene rings is 3. The number of fused-ring (bicyclic) bond motifs is 1. The first-order valence-corrected chi connectivity index (χ1v) is 10.8. The van der Waals surface area contributed by atoms with Gasteiger partial charge in [0.1, 0.15) is 17.0 Å². The summed E-state index contributed by atoms with van der Waals surface area (Å²) in [5.41, 5.74) is 0.886. The third-order valence-corrected chi connectivity index (χ3v) is 6.07. The lowest BCUT2D eigenvalue weighted by Crippen LogP contribution is -2.41. The maximum absolute atomic E-state index is 13.6. The Balaban J connectivity index is 1.84. The van der Waals surface area contributed by atoms with Gasteiger partial charge in [0.05, 0.1) is 31.3 Å². The number of hydrogen-bond donors (Lipinski definition) is 1. The van der Waals surface area contributed by atoms with Crippen LogP contribution in [0.4, 0.5) is 14.9 Å². The lowest BCUT2D eigenvalue weighted by molar-refractivity contribution is 0.0994. The fraction of sp³-hybridized carbons (Fsp3) is 0. The number of nitrogens with zero attached hydrogens (tertiary/aromatic N) is 4. The topological polar surface area (TPSA) is 80.1 Å². The molecule has 0 fully saturated rings. The Morgan fingerprint density at radius 2 is 1.67 bits per heavy atom. The Bertz CT molecular complexity index is 1400. The first kappa shape index (κ1) is 23.5. The second-order valence-corrected chi connectivity index (χ2v) is 8.33. The van der Waals surface area contributed by atoms with Gasteiger partial charge < -0.3 is 0 Å². The van der Waals surface area contributed by atoms with Gasteiger partial charge in [-0.25, -0.2) is 23.6 Å². The highest BCUT2D eigenvalue weighted by Crippen LogP contribution is 2.37. The van der Waals surface area contributed by atoms with Gasteiger partial charge in [-0.1, -0.05) is 57.7 Å². The van der Waals surface area contributed by atoms with E-state index in [2.05, 4.69) is 10.3 Å². The van der Waals surface area contributed by atoms with Gasteiger partial charge in [-0.2, -0.15) is 0 Å². The van der Waals surface area contributed by atoms with Crippen LogP contribution in [-0.4, -0.2) is 26.9 Å². The van der Waals surface area contributed by atoms with E-state index in [1.54, 1.807) is 12.1 Å². The molecule has 3 aromatic carbocycles. The summed E-state index contributed by atoms with van der Waals surface area (Å²) in [7, 11) is 0. The molecule has 1 N–H and O–H groups in total. The minimum Gasteiger partial charge on any atom is -0.268 e. The second-order valence-electron chi connectivity index (χ2n) is 6.54. The Labute approximate surface area is 210 Å². The fourth-order valence-corrected chi connectivity index (χ4v) is 4.17. The van der Waals surface area contributed by atoms with E-state index in [0.29, 0.717) is 21.0 Å². The van der Waals surface area contributed by atoms with E-state index < -0.39 is 17.8 Å². The van der Waals surface area contributed by atoms with Crippen LogP contribution < -0.4 is 9.74 Å². The van der Waals surface area contributed by atoms with E-state index in [0.717, 1.165) is 12.1 Å². The molecule has 0 saturated heterocycles. The summed E-state index contributed by atoms with van der Waals surface area (Å²) in [5.74, 6) is -1.52. The van der Waals surface area contributed by atoms with Crippen LogP contribution in [0.3, 0.4) is 0 Å². The minimum atomic E-state index is -1.00. The largest absolute Gasteiger partial charge is 0.343 e. The zero-order valence-corrected chi connectivity index (χ0v) is 19.8. The maximum atomic E-state index is 13.6. The van der Waals surface area contributed by atoms with Crippen LogP contribution in [0.25, 0.3) is 16.7 Å². The van der Waals surface area contributed by atoms with Crippen molar-refractivity contribution in [1.82, 2.24) is 19.8 Å². The number of rotatable bonds is 3. The second kappa shape index (κ2) is 9.32. The molecule has 7 nitrogen and oxygen atoms in total. The van der Waals surface area contributed by atoms with Crippen LogP contribution in [0.5, 0.6) is 0 Å². The first-order valence-electron chi connectivity index (χ1n) is 8.92. The molecule has 0 radical (unpaired) electrons.